The molecule has 3 aromatic rings. The third-order valence-corrected chi connectivity index (χ3v) is 5.44. The van der Waals surface area contributed by atoms with Gasteiger partial charge in [0.05, 0.1) is 10.6 Å². The van der Waals surface area contributed by atoms with Crippen molar-refractivity contribution in [2.45, 2.75) is 31.7 Å². The Bertz CT molecular complexity index is 1160. The molecule has 4 rings (SSSR count). The zero-order valence-electron chi connectivity index (χ0n) is 16.9. The van der Waals surface area contributed by atoms with Crippen LogP contribution < -0.4 is 9.64 Å². The molecule has 158 valence electrons. The lowest BCUT2D eigenvalue weighted by atomic mass is 10.1. The summed E-state index contributed by atoms with van der Waals surface area (Å²) in [4.78, 5) is 29.9. The molecule has 0 fully saturated rings. The quantitative estimate of drug-likeness (QED) is 0.328. The summed E-state index contributed by atoms with van der Waals surface area (Å²) >= 11 is 1.42. The third kappa shape index (κ3) is 3.93. The van der Waals surface area contributed by atoms with Gasteiger partial charge in [0.1, 0.15) is 0 Å². The van der Waals surface area contributed by atoms with E-state index in [1.807, 2.05) is 25.1 Å². The molecule has 0 saturated heterocycles. The van der Waals surface area contributed by atoms with Gasteiger partial charge in [0, 0.05) is 29.7 Å². The number of nitro groups is 1. The standard InChI is InChI=1S/C21H19N5O4S/c1-3-17(27)25-16-11-6-5-10-15(16)18-19(22-21(24-23-18)31-4-2)30-20(25)13-8-7-9-14(12-13)26(28)29/h5-12,20H,3-4H2,1-2H3/t20-/m0/s1. The SMILES string of the molecule is CCSc1nnc2c(n1)O[C@@H](c1cccc([N+](=O)[O-])c1)N(C(=O)CC)c1ccccc1-2. The summed E-state index contributed by atoms with van der Waals surface area (Å²) in [5, 5.41) is 20.3. The third-order valence-electron chi connectivity index (χ3n) is 4.72. The number of hydrogen-bond donors (Lipinski definition) is 0. The van der Waals surface area contributed by atoms with Crippen LogP contribution in [0.15, 0.2) is 53.7 Å². The molecule has 31 heavy (non-hydrogen) atoms. The molecular weight excluding hydrogens is 418 g/mol. The number of nitro benzene ring substituents is 1. The van der Waals surface area contributed by atoms with E-state index < -0.39 is 11.2 Å². The van der Waals surface area contributed by atoms with E-state index in [-0.39, 0.29) is 23.9 Å². The number of non-ortho nitro benzene ring substituents is 1. The number of thioether (sulfide) groups is 1. The molecule has 0 unspecified atom stereocenters. The van der Waals surface area contributed by atoms with Crippen LogP contribution in [-0.4, -0.2) is 31.8 Å². The van der Waals surface area contributed by atoms with Gasteiger partial charge in [-0.3, -0.25) is 19.8 Å². The summed E-state index contributed by atoms with van der Waals surface area (Å²) in [6.45, 7) is 3.73. The van der Waals surface area contributed by atoms with Crippen LogP contribution in [0.2, 0.25) is 0 Å². The minimum absolute atomic E-state index is 0.0919. The number of carbonyl (C=O) groups excluding carboxylic acids is 1. The zero-order chi connectivity index (χ0) is 22.0. The maximum Gasteiger partial charge on any atom is 0.269 e. The van der Waals surface area contributed by atoms with Crippen molar-refractivity contribution >= 4 is 29.0 Å². The fourth-order valence-electron chi connectivity index (χ4n) is 3.35. The Morgan fingerprint density at radius 1 is 1.19 bits per heavy atom. The van der Waals surface area contributed by atoms with Crippen LogP contribution in [0.4, 0.5) is 11.4 Å². The monoisotopic (exact) mass is 437 g/mol. The molecular formula is C21H19N5O4S. The first-order valence-electron chi connectivity index (χ1n) is 9.73. The van der Waals surface area contributed by atoms with E-state index in [1.165, 1.54) is 28.8 Å². The number of rotatable bonds is 5. The Labute approximate surface area is 182 Å². The molecule has 0 radical (unpaired) electrons. The normalized spacial score (nSPS) is 14.8. The Kier molecular flexibility index (Phi) is 5.81. The number of benzene rings is 2. The molecule has 1 aliphatic heterocycles. The first-order chi connectivity index (χ1) is 15.0. The van der Waals surface area contributed by atoms with E-state index in [4.69, 9.17) is 4.74 Å². The molecule has 9 nitrogen and oxygen atoms in total. The van der Waals surface area contributed by atoms with Crippen LogP contribution in [0, 0.1) is 10.1 Å². The van der Waals surface area contributed by atoms with E-state index in [0.29, 0.717) is 27.7 Å². The van der Waals surface area contributed by atoms with Crippen LogP contribution >= 0.6 is 11.8 Å². The van der Waals surface area contributed by atoms with Gasteiger partial charge >= 0.3 is 0 Å². The first-order valence-corrected chi connectivity index (χ1v) is 10.7. The Morgan fingerprint density at radius 3 is 2.74 bits per heavy atom. The van der Waals surface area contributed by atoms with Crippen molar-refractivity contribution in [1.82, 2.24) is 15.2 Å². The summed E-state index contributed by atoms with van der Waals surface area (Å²) in [6, 6.07) is 13.3. The van der Waals surface area contributed by atoms with Gasteiger partial charge in [-0.1, -0.05) is 55.9 Å². The molecule has 2 heterocycles. The molecule has 2 aromatic carbocycles. The van der Waals surface area contributed by atoms with E-state index in [9.17, 15) is 14.9 Å². The van der Waals surface area contributed by atoms with Crippen molar-refractivity contribution in [3.63, 3.8) is 0 Å². The molecule has 0 bridgehead atoms. The first kappa shape index (κ1) is 20.7. The number of para-hydroxylation sites is 1. The van der Waals surface area contributed by atoms with Gasteiger partial charge in [0.15, 0.2) is 5.69 Å². The smallest absolute Gasteiger partial charge is 0.269 e. The summed E-state index contributed by atoms with van der Waals surface area (Å²) in [7, 11) is 0. The van der Waals surface area contributed by atoms with E-state index in [0.717, 1.165) is 5.75 Å². The second-order valence-electron chi connectivity index (χ2n) is 6.64. The average Bonchev–Trinajstić information content (AvgIpc) is 2.93. The minimum Gasteiger partial charge on any atom is -0.447 e. The van der Waals surface area contributed by atoms with Crippen LogP contribution in [0.3, 0.4) is 0 Å². The van der Waals surface area contributed by atoms with E-state index in [2.05, 4.69) is 15.2 Å². The lowest BCUT2D eigenvalue weighted by Crippen LogP contribution is -2.37. The molecule has 0 aliphatic carbocycles. The predicted octanol–water partition coefficient (Wildman–Crippen LogP) is 4.39. The minimum atomic E-state index is -0.953. The van der Waals surface area contributed by atoms with Crippen molar-refractivity contribution in [3.8, 4) is 17.1 Å². The van der Waals surface area contributed by atoms with E-state index >= 15 is 0 Å². The van der Waals surface area contributed by atoms with Crippen LogP contribution in [0.1, 0.15) is 32.1 Å². The van der Waals surface area contributed by atoms with Gasteiger partial charge < -0.3 is 4.74 Å². The van der Waals surface area contributed by atoms with Crippen molar-refractivity contribution in [2.24, 2.45) is 0 Å². The number of nitrogens with zero attached hydrogens (tertiary/aromatic N) is 5. The van der Waals surface area contributed by atoms with Gasteiger partial charge in [-0.05, 0) is 11.8 Å². The van der Waals surface area contributed by atoms with Crippen molar-refractivity contribution < 1.29 is 14.5 Å². The number of anilines is 1. The maximum atomic E-state index is 13.1. The number of aromatic nitrogens is 3. The Morgan fingerprint density at radius 2 is 2.00 bits per heavy atom. The van der Waals surface area contributed by atoms with Gasteiger partial charge in [-0.15, -0.1) is 10.2 Å². The number of amides is 1. The second-order valence-corrected chi connectivity index (χ2v) is 7.87. The largest absolute Gasteiger partial charge is 0.447 e. The molecule has 1 aliphatic rings. The lowest BCUT2D eigenvalue weighted by Gasteiger charge is -2.30. The molecule has 0 saturated carbocycles. The van der Waals surface area contributed by atoms with Crippen LogP contribution in [0.5, 0.6) is 5.88 Å². The average molecular weight is 437 g/mol. The topological polar surface area (TPSA) is 111 Å². The van der Waals surface area contributed by atoms with Crippen LogP contribution in [-0.2, 0) is 4.79 Å². The summed E-state index contributed by atoms with van der Waals surface area (Å²) in [5.41, 5.74) is 2.02. The highest BCUT2D eigenvalue weighted by atomic mass is 32.2. The van der Waals surface area contributed by atoms with Gasteiger partial charge in [0.2, 0.25) is 23.2 Å². The highest BCUT2D eigenvalue weighted by Gasteiger charge is 2.35. The number of ether oxygens (including phenoxy) is 1. The van der Waals surface area contributed by atoms with Gasteiger partial charge in [0.25, 0.3) is 5.69 Å². The van der Waals surface area contributed by atoms with Gasteiger partial charge in [-0.25, -0.2) is 0 Å². The molecule has 1 amide bonds. The van der Waals surface area contributed by atoms with Crippen molar-refractivity contribution in [3.05, 3.63) is 64.2 Å². The molecule has 1 aromatic heterocycles. The molecule has 1 atom stereocenters. The maximum absolute atomic E-state index is 13.1. The van der Waals surface area contributed by atoms with Gasteiger partial charge in [-0.2, -0.15) is 4.98 Å². The lowest BCUT2D eigenvalue weighted by molar-refractivity contribution is -0.385. The highest BCUT2D eigenvalue weighted by Crippen LogP contribution is 2.43. The van der Waals surface area contributed by atoms with Crippen molar-refractivity contribution in [2.75, 3.05) is 10.7 Å². The predicted molar refractivity (Wildman–Crippen MR) is 116 cm³/mol. The highest BCUT2D eigenvalue weighted by molar-refractivity contribution is 7.99. The molecule has 0 spiro atoms. The summed E-state index contributed by atoms with van der Waals surface area (Å²) in [6.07, 6.45) is -0.735. The molecule has 0 N–H and O–H groups in total. The van der Waals surface area contributed by atoms with Crippen LogP contribution in [0.25, 0.3) is 11.3 Å². The summed E-state index contributed by atoms with van der Waals surface area (Å²) < 4.78 is 6.24. The van der Waals surface area contributed by atoms with Crippen molar-refractivity contribution in [1.29, 1.82) is 0 Å². The number of fused-ring (bicyclic) bond motifs is 3. The number of carbonyl (C=O) groups is 1. The fourth-order valence-corrected chi connectivity index (χ4v) is 3.86. The van der Waals surface area contributed by atoms with E-state index in [1.54, 1.807) is 25.1 Å². The summed E-state index contributed by atoms with van der Waals surface area (Å²) in [5.74, 6) is 0.778. The Balaban J connectivity index is 1.95. The zero-order valence-corrected chi connectivity index (χ0v) is 17.7. The fraction of sp³-hybridized carbons (Fsp3) is 0.238. The molecule has 10 heteroatoms. The second kappa shape index (κ2) is 8.68. The Hall–Kier alpha value is -3.53. The number of hydrogen-bond acceptors (Lipinski definition) is 8.